The minimum Gasteiger partial charge on any atom is -0.481 e. The maximum Gasteiger partial charge on any atom is 0.326 e. The summed E-state index contributed by atoms with van der Waals surface area (Å²) in [5, 5.41) is 26.0. The van der Waals surface area contributed by atoms with E-state index in [2.05, 4.69) is 16.0 Å². The summed E-state index contributed by atoms with van der Waals surface area (Å²) in [6, 6.07) is -4.34. The lowest BCUT2D eigenvalue weighted by Gasteiger charge is -2.28. The van der Waals surface area contributed by atoms with Gasteiger partial charge in [0.2, 0.25) is 17.7 Å². The van der Waals surface area contributed by atoms with E-state index in [-0.39, 0.29) is 24.7 Å². The highest BCUT2D eigenvalue weighted by Crippen LogP contribution is 2.12. The summed E-state index contributed by atoms with van der Waals surface area (Å²) in [6.45, 7) is 7.64. The Kier molecular flexibility index (Phi) is 15.5. The van der Waals surface area contributed by atoms with Gasteiger partial charge in [-0.05, 0) is 44.1 Å². The number of carbonyl (C=O) groups is 5. The minimum absolute atomic E-state index is 0.0118. The number of rotatable bonds is 18. The van der Waals surface area contributed by atoms with Crippen LogP contribution in [0.25, 0.3) is 0 Å². The molecule has 0 spiro atoms. The second-order valence-corrected chi connectivity index (χ2v) is 9.29. The number of hydrogen-bond donors (Lipinski definition) is 7. The van der Waals surface area contributed by atoms with Crippen molar-refractivity contribution in [3.8, 4) is 0 Å². The molecule has 12 heteroatoms. The summed E-state index contributed by atoms with van der Waals surface area (Å²) < 4.78 is 0. The number of carboxylic acids is 2. The van der Waals surface area contributed by atoms with Crippen LogP contribution in [0.2, 0.25) is 0 Å². The zero-order chi connectivity index (χ0) is 27.1. The molecule has 0 heterocycles. The van der Waals surface area contributed by atoms with E-state index in [1.54, 1.807) is 6.92 Å². The van der Waals surface area contributed by atoms with Crippen LogP contribution in [0.3, 0.4) is 0 Å². The summed E-state index contributed by atoms with van der Waals surface area (Å²) in [4.78, 5) is 61.1. The fraction of sp³-hybridized carbons (Fsp3) is 0.783. The monoisotopic (exact) mass is 501 g/mol. The van der Waals surface area contributed by atoms with Gasteiger partial charge in [0.15, 0.2) is 0 Å². The van der Waals surface area contributed by atoms with Gasteiger partial charge in [0, 0.05) is 6.42 Å². The SMILES string of the molecule is CCC(C)C(NC(=O)C(CCC(=O)O)NC(=O)C(N)CCCCN)C(=O)NC(CC(C)C)C(=O)O. The van der Waals surface area contributed by atoms with Crippen LogP contribution in [0, 0.1) is 11.8 Å². The Bertz CT molecular complexity index is 716. The highest BCUT2D eigenvalue weighted by molar-refractivity contribution is 5.94. The van der Waals surface area contributed by atoms with E-state index in [0.29, 0.717) is 32.2 Å². The molecule has 0 aromatic carbocycles. The third-order valence-electron chi connectivity index (χ3n) is 5.70. The highest BCUT2D eigenvalue weighted by Gasteiger charge is 2.33. The topological polar surface area (TPSA) is 214 Å². The summed E-state index contributed by atoms with van der Waals surface area (Å²) in [5.74, 6) is -4.71. The number of unbranched alkanes of at least 4 members (excludes halogenated alkanes) is 1. The molecule has 0 aliphatic heterocycles. The van der Waals surface area contributed by atoms with Gasteiger partial charge in [0.05, 0.1) is 6.04 Å². The van der Waals surface area contributed by atoms with Crippen LogP contribution in [-0.4, -0.2) is 70.6 Å². The second-order valence-electron chi connectivity index (χ2n) is 9.29. The number of nitrogens with two attached hydrogens (primary N) is 2. The van der Waals surface area contributed by atoms with Crippen molar-refractivity contribution in [2.24, 2.45) is 23.3 Å². The zero-order valence-corrected chi connectivity index (χ0v) is 21.2. The summed E-state index contributed by atoms with van der Waals surface area (Å²) in [7, 11) is 0. The summed E-state index contributed by atoms with van der Waals surface area (Å²) >= 11 is 0. The first-order valence-corrected chi connectivity index (χ1v) is 12.1. The smallest absolute Gasteiger partial charge is 0.326 e. The van der Waals surface area contributed by atoms with E-state index >= 15 is 0 Å². The molecule has 0 aromatic rings. The normalized spacial score (nSPS) is 15.4. The lowest BCUT2D eigenvalue weighted by Crippen LogP contribution is -2.58. The molecule has 0 aromatic heterocycles. The van der Waals surface area contributed by atoms with Crippen molar-refractivity contribution in [3.63, 3.8) is 0 Å². The van der Waals surface area contributed by atoms with E-state index in [0.717, 1.165) is 0 Å². The molecular weight excluding hydrogens is 458 g/mol. The van der Waals surface area contributed by atoms with E-state index in [9.17, 15) is 29.1 Å². The van der Waals surface area contributed by atoms with Crippen LogP contribution < -0.4 is 27.4 Å². The fourth-order valence-electron chi connectivity index (χ4n) is 3.37. The molecule has 5 unspecified atom stereocenters. The number of amides is 3. The predicted octanol–water partition coefficient (Wildman–Crippen LogP) is -0.0613. The lowest BCUT2D eigenvalue weighted by molar-refractivity contribution is -0.143. The van der Waals surface area contributed by atoms with Crippen molar-refractivity contribution in [1.82, 2.24) is 16.0 Å². The van der Waals surface area contributed by atoms with Crippen LogP contribution in [0.5, 0.6) is 0 Å². The summed E-state index contributed by atoms with van der Waals surface area (Å²) in [5.41, 5.74) is 11.3. The average molecular weight is 502 g/mol. The van der Waals surface area contributed by atoms with Crippen molar-refractivity contribution in [3.05, 3.63) is 0 Å². The number of aliphatic carboxylic acids is 2. The molecule has 0 saturated heterocycles. The van der Waals surface area contributed by atoms with E-state index in [1.807, 2.05) is 20.8 Å². The van der Waals surface area contributed by atoms with E-state index in [1.165, 1.54) is 0 Å². The van der Waals surface area contributed by atoms with Crippen molar-refractivity contribution in [1.29, 1.82) is 0 Å². The third-order valence-corrected chi connectivity index (χ3v) is 5.70. The molecule has 0 aliphatic rings. The predicted molar refractivity (Wildman–Crippen MR) is 130 cm³/mol. The molecule has 0 rings (SSSR count). The van der Waals surface area contributed by atoms with Crippen molar-refractivity contribution in [2.75, 3.05) is 6.54 Å². The number of carbonyl (C=O) groups excluding carboxylic acids is 3. The van der Waals surface area contributed by atoms with Crippen molar-refractivity contribution >= 4 is 29.7 Å². The molecular formula is C23H43N5O7. The van der Waals surface area contributed by atoms with Gasteiger partial charge in [-0.25, -0.2) is 4.79 Å². The molecule has 202 valence electrons. The van der Waals surface area contributed by atoms with Crippen molar-refractivity contribution in [2.45, 2.75) is 96.8 Å². The molecule has 5 atom stereocenters. The molecule has 12 nitrogen and oxygen atoms in total. The Morgan fingerprint density at radius 1 is 0.829 bits per heavy atom. The minimum atomic E-state index is -1.23. The lowest BCUT2D eigenvalue weighted by atomic mass is 9.96. The van der Waals surface area contributed by atoms with Crippen LogP contribution in [0.15, 0.2) is 0 Å². The van der Waals surface area contributed by atoms with Crippen LogP contribution in [0.1, 0.15) is 72.6 Å². The average Bonchev–Trinajstić information content (AvgIpc) is 2.78. The molecule has 0 radical (unpaired) electrons. The van der Waals surface area contributed by atoms with Crippen molar-refractivity contribution < 1.29 is 34.2 Å². The van der Waals surface area contributed by atoms with Gasteiger partial charge in [-0.2, -0.15) is 0 Å². The van der Waals surface area contributed by atoms with Gasteiger partial charge < -0.3 is 37.6 Å². The molecule has 0 aliphatic carbocycles. The Morgan fingerprint density at radius 2 is 1.43 bits per heavy atom. The van der Waals surface area contributed by atoms with Gasteiger partial charge in [0.25, 0.3) is 0 Å². The second kappa shape index (κ2) is 16.8. The van der Waals surface area contributed by atoms with Crippen LogP contribution in [0.4, 0.5) is 0 Å². The molecule has 0 fully saturated rings. The van der Waals surface area contributed by atoms with E-state index < -0.39 is 60.2 Å². The van der Waals surface area contributed by atoms with Gasteiger partial charge >= 0.3 is 11.9 Å². The highest BCUT2D eigenvalue weighted by atomic mass is 16.4. The van der Waals surface area contributed by atoms with Gasteiger partial charge in [0.1, 0.15) is 18.1 Å². The first-order valence-electron chi connectivity index (χ1n) is 12.1. The Hall–Kier alpha value is -2.73. The summed E-state index contributed by atoms with van der Waals surface area (Å²) in [6.07, 6.45) is 1.76. The first-order chi connectivity index (χ1) is 16.3. The van der Waals surface area contributed by atoms with Crippen LogP contribution >= 0.6 is 0 Å². The Labute approximate surface area is 206 Å². The third kappa shape index (κ3) is 13.1. The van der Waals surface area contributed by atoms with Gasteiger partial charge in [-0.15, -0.1) is 0 Å². The van der Waals surface area contributed by atoms with Crippen LogP contribution in [-0.2, 0) is 24.0 Å². The fourth-order valence-corrected chi connectivity index (χ4v) is 3.37. The molecule has 9 N–H and O–H groups in total. The maximum absolute atomic E-state index is 13.0. The molecule has 0 saturated carbocycles. The Balaban J connectivity index is 5.54. The van der Waals surface area contributed by atoms with Gasteiger partial charge in [-0.3, -0.25) is 19.2 Å². The number of carboxylic acid groups (broad SMARTS) is 2. The van der Waals surface area contributed by atoms with E-state index in [4.69, 9.17) is 16.6 Å². The zero-order valence-electron chi connectivity index (χ0n) is 21.2. The quantitative estimate of drug-likeness (QED) is 0.125. The number of nitrogens with one attached hydrogen (secondary N) is 3. The Morgan fingerprint density at radius 3 is 1.91 bits per heavy atom. The largest absolute Gasteiger partial charge is 0.481 e. The van der Waals surface area contributed by atoms with Gasteiger partial charge in [-0.1, -0.05) is 40.5 Å². The molecule has 3 amide bonds. The maximum atomic E-state index is 13.0. The molecule has 35 heavy (non-hydrogen) atoms. The number of hydrogen-bond acceptors (Lipinski definition) is 7. The first kappa shape index (κ1) is 32.3. The standard InChI is InChI=1S/C23H43N5O7/c1-5-14(4)19(22(33)27-17(23(34)35)12-13(2)3)28-21(32)16(9-10-18(29)30)26-20(31)15(25)8-6-7-11-24/h13-17,19H,5-12,24-25H2,1-4H3,(H,26,31)(H,27,33)(H,28,32)(H,29,30)(H,34,35). The molecule has 0 bridgehead atoms.